The van der Waals surface area contributed by atoms with E-state index in [0.717, 1.165) is 0 Å². The summed E-state index contributed by atoms with van der Waals surface area (Å²) in [5.41, 5.74) is 0.684. The maximum atomic E-state index is 12.9. The Morgan fingerprint density at radius 1 is 1.18 bits per heavy atom. The van der Waals surface area contributed by atoms with E-state index < -0.39 is 15.9 Å². The Morgan fingerprint density at radius 3 is 2.64 bits per heavy atom. The highest BCUT2D eigenvalue weighted by molar-refractivity contribution is 7.89. The summed E-state index contributed by atoms with van der Waals surface area (Å²) in [5, 5.41) is 2.73. The Bertz CT molecular complexity index is 940. The number of hydrogen-bond acceptors (Lipinski definition) is 6. The second-order valence-corrected chi connectivity index (χ2v) is 8.42. The molecular weight excluding hydrogens is 380 g/mol. The number of carbonyl (C=O) groups excluding carboxylic acids is 1. The molecular formula is C19H24N4O4S. The van der Waals surface area contributed by atoms with Gasteiger partial charge < -0.3 is 15.0 Å². The van der Waals surface area contributed by atoms with Crippen molar-refractivity contribution in [2.24, 2.45) is 0 Å². The molecule has 1 aromatic heterocycles. The van der Waals surface area contributed by atoms with Crippen molar-refractivity contribution in [1.82, 2.24) is 14.2 Å². The van der Waals surface area contributed by atoms with Gasteiger partial charge in [-0.25, -0.2) is 13.4 Å². The van der Waals surface area contributed by atoms with Gasteiger partial charge in [0.05, 0.1) is 11.5 Å². The summed E-state index contributed by atoms with van der Waals surface area (Å²) in [6, 6.07) is 9.44. The number of nitrogens with one attached hydrogen (secondary N) is 1. The lowest BCUT2D eigenvalue weighted by atomic mass is 10.2. The molecule has 1 fully saturated rings. The average molecular weight is 404 g/mol. The second kappa shape index (κ2) is 8.68. The van der Waals surface area contributed by atoms with Crippen LogP contribution >= 0.6 is 0 Å². The van der Waals surface area contributed by atoms with Crippen molar-refractivity contribution >= 4 is 21.6 Å². The van der Waals surface area contributed by atoms with E-state index in [-0.39, 0.29) is 10.5 Å². The minimum absolute atomic E-state index is 0.112. The molecule has 2 heterocycles. The first-order valence-electron chi connectivity index (χ1n) is 9.09. The number of anilines is 1. The van der Waals surface area contributed by atoms with Crippen LogP contribution < -0.4 is 10.1 Å². The van der Waals surface area contributed by atoms with Crippen LogP contribution in [0.15, 0.2) is 47.5 Å². The molecule has 1 N–H and O–H groups in total. The van der Waals surface area contributed by atoms with E-state index in [2.05, 4.69) is 15.2 Å². The van der Waals surface area contributed by atoms with Gasteiger partial charge in [0, 0.05) is 37.9 Å². The number of nitrogens with zero attached hydrogens (tertiary/aromatic N) is 3. The minimum atomic E-state index is -3.64. The molecule has 0 unspecified atom stereocenters. The Balaban J connectivity index is 1.80. The molecule has 1 amide bonds. The molecule has 0 bridgehead atoms. The van der Waals surface area contributed by atoms with Crippen molar-refractivity contribution in [3.63, 3.8) is 0 Å². The number of rotatable bonds is 6. The number of carbonyl (C=O) groups is 1. The monoisotopic (exact) mass is 404 g/mol. The third kappa shape index (κ3) is 4.49. The topological polar surface area (TPSA) is 91.8 Å². The van der Waals surface area contributed by atoms with Gasteiger partial charge in [-0.1, -0.05) is 6.07 Å². The van der Waals surface area contributed by atoms with Crippen LogP contribution in [-0.4, -0.2) is 68.3 Å². The van der Waals surface area contributed by atoms with E-state index in [1.54, 1.807) is 30.5 Å². The molecule has 3 rings (SSSR count). The molecule has 0 atom stereocenters. The predicted octanol–water partition coefficient (Wildman–Crippen LogP) is 1.67. The second-order valence-electron chi connectivity index (χ2n) is 6.48. The van der Waals surface area contributed by atoms with Crippen molar-refractivity contribution in [2.45, 2.75) is 11.8 Å². The molecule has 1 aliphatic rings. The van der Waals surface area contributed by atoms with Crippen molar-refractivity contribution < 1.29 is 17.9 Å². The Labute approximate surface area is 165 Å². The van der Waals surface area contributed by atoms with Crippen LogP contribution in [0.3, 0.4) is 0 Å². The van der Waals surface area contributed by atoms with Gasteiger partial charge >= 0.3 is 0 Å². The zero-order valence-electron chi connectivity index (χ0n) is 16.0. The first-order chi connectivity index (χ1) is 13.4. The molecule has 150 valence electrons. The van der Waals surface area contributed by atoms with Gasteiger partial charge in [0.1, 0.15) is 5.69 Å². The number of hydrogen-bond donors (Lipinski definition) is 1. The molecule has 1 aromatic carbocycles. The average Bonchev–Trinajstić information content (AvgIpc) is 2.70. The molecule has 2 aromatic rings. The number of likely N-dealkylation sites (N-methyl/N-ethyl adjacent to an activating group) is 1. The quantitative estimate of drug-likeness (QED) is 0.787. The normalized spacial score (nSPS) is 15.9. The van der Waals surface area contributed by atoms with E-state index in [9.17, 15) is 13.2 Å². The number of aromatic nitrogens is 1. The molecule has 0 radical (unpaired) electrons. The third-order valence-electron chi connectivity index (χ3n) is 4.50. The zero-order chi connectivity index (χ0) is 20.1. The summed E-state index contributed by atoms with van der Waals surface area (Å²) >= 11 is 0. The standard InChI is InChI=1S/C19H24N4O4S/c1-3-27-19-17(8-5-9-20-19)21-18(24)15-6-4-7-16(14-15)28(25,26)23-12-10-22(2)11-13-23/h4-9,14H,3,10-13H2,1-2H3,(H,21,24). The number of amides is 1. The smallest absolute Gasteiger partial charge is 0.255 e. The molecule has 0 aliphatic carbocycles. The Kier molecular flexibility index (Phi) is 6.28. The number of ether oxygens (including phenoxy) is 1. The van der Waals surface area contributed by atoms with Gasteiger partial charge in [-0.3, -0.25) is 4.79 Å². The van der Waals surface area contributed by atoms with Crippen LogP contribution in [0, 0.1) is 0 Å². The lowest BCUT2D eigenvalue weighted by Gasteiger charge is -2.31. The van der Waals surface area contributed by atoms with Gasteiger partial charge in [-0.15, -0.1) is 0 Å². The maximum absolute atomic E-state index is 12.9. The van der Waals surface area contributed by atoms with Crippen LogP contribution in [0.5, 0.6) is 5.88 Å². The maximum Gasteiger partial charge on any atom is 0.255 e. The largest absolute Gasteiger partial charge is 0.476 e. The van der Waals surface area contributed by atoms with Crippen molar-refractivity contribution in [3.8, 4) is 5.88 Å². The molecule has 28 heavy (non-hydrogen) atoms. The fraction of sp³-hybridized carbons (Fsp3) is 0.368. The predicted molar refractivity (Wildman–Crippen MR) is 106 cm³/mol. The van der Waals surface area contributed by atoms with Gasteiger partial charge in [-0.2, -0.15) is 4.31 Å². The van der Waals surface area contributed by atoms with Gasteiger partial charge in [0.2, 0.25) is 15.9 Å². The van der Waals surface area contributed by atoms with Gasteiger partial charge in [0.25, 0.3) is 5.91 Å². The van der Waals surface area contributed by atoms with Gasteiger partial charge in [0.15, 0.2) is 0 Å². The highest BCUT2D eigenvalue weighted by Gasteiger charge is 2.28. The summed E-state index contributed by atoms with van der Waals surface area (Å²) < 4.78 is 32.7. The number of benzene rings is 1. The fourth-order valence-corrected chi connectivity index (χ4v) is 4.38. The van der Waals surface area contributed by atoms with E-state index >= 15 is 0 Å². The van der Waals surface area contributed by atoms with Crippen LogP contribution in [0.25, 0.3) is 0 Å². The van der Waals surface area contributed by atoms with Crippen LogP contribution in [0.1, 0.15) is 17.3 Å². The number of piperazine rings is 1. The summed E-state index contributed by atoms with van der Waals surface area (Å²) in [6.45, 7) is 4.47. The highest BCUT2D eigenvalue weighted by Crippen LogP contribution is 2.23. The van der Waals surface area contributed by atoms with E-state index in [0.29, 0.717) is 44.4 Å². The van der Waals surface area contributed by atoms with Crippen LogP contribution in [-0.2, 0) is 10.0 Å². The molecule has 0 saturated carbocycles. The summed E-state index contributed by atoms with van der Waals surface area (Å²) in [4.78, 5) is 19.0. The van der Waals surface area contributed by atoms with Crippen molar-refractivity contribution in [3.05, 3.63) is 48.2 Å². The number of pyridine rings is 1. The molecule has 0 spiro atoms. The van der Waals surface area contributed by atoms with Gasteiger partial charge in [-0.05, 0) is 44.3 Å². The third-order valence-corrected chi connectivity index (χ3v) is 6.39. The number of sulfonamides is 1. The summed E-state index contributed by atoms with van der Waals surface area (Å²) in [6.07, 6.45) is 1.57. The van der Waals surface area contributed by atoms with Crippen LogP contribution in [0.4, 0.5) is 5.69 Å². The van der Waals surface area contributed by atoms with Crippen LogP contribution in [0.2, 0.25) is 0 Å². The van der Waals surface area contributed by atoms with E-state index in [1.165, 1.54) is 16.4 Å². The summed E-state index contributed by atoms with van der Waals surface area (Å²) in [5.74, 6) is -0.107. The first-order valence-corrected chi connectivity index (χ1v) is 10.5. The summed E-state index contributed by atoms with van der Waals surface area (Å²) in [7, 11) is -1.68. The lowest BCUT2D eigenvalue weighted by molar-refractivity contribution is 0.102. The lowest BCUT2D eigenvalue weighted by Crippen LogP contribution is -2.47. The first kappa shape index (κ1) is 20.2. The van der Waals surface area contributed by atoms with E-state index in [1.807, 2.05) is 14.0 Å². The SMILES string of the molecule is CCOc1ncccc1NC(=O)c1cccc(S(=O)(=O)N2CCN(C)CC2)c1. The Morgan fingerprint density at radius 2 is 1.93 bits per heavy atom. The molecule has 9 heteroatoms. The Hall–Kier alpha value is -2.49. The molecule has 1 aliphatic heterocycles. The van der Waals surface area contributed by atoms with E-state index in [4.69, 9.17) is 4.74 Å². The molecule has 8 nitrogen and oxygen atoms in total. The molecule has 1 saturated heterocycles. The zero-order valence-corrected chi connectivity index (χ0v) is 16.8. The fourth-order valence-electron chi connectivity index (χ4n) is 2.91. The van der Waals surface area contributed by atoms with Crippen molar-refractivity contribution in [2.75, 3.05) is 45.2 Å². The highest BCUT2D eigenvalue weighted by atomic mass is 32.2. The minimum Gasteiger partial charge on any atom is -0.476 e. The van der Waals surface area contributed by atoms with Crippen molar-refractivity contribution in [1.29, 1.82) is 0 Å².